The summed E-state index contributed by atoms with van der Waals surface area (Å²) in [5, 5.41) is 2.15. The molecule has 9 heteroatoms. The molecule has 0 saturated carbocycles. The highest BCUT2D eigenvalue weighted by molar-refractivity contribution is 7.78. The van der Waals surface area contributed by atoms with Crippen LogP contribution in [-0.4, -0.2) is 54.2 Å². The second kappa shape index (κ2) is 7.82. The maximum Gasteiger partial charge on any atom is 0.305 e. The van der Waals surface area contributed by atoms with E-state index in [1.165, 1.54) is 20.8 Å². The van der Waals surface area contributed by atoms with E-state index in [0.29, 0.717) is 0 Å². The van der Waals surface area contributed by atoms with E-state index in [2.05, 4.69) is 22.4 Å². The number of thiocarbonyl (C=S) groups is 1. The molecular formula is C12H15NO7S. The monoisotopic (exact) mass is 317 g/mol. The Labute approximate surface area is 126 Å². The molecule has 21 heavy (non-hydrogen) atoms. The minimum absolute atomic E-state index is 0.0248. The van der Waals surface area contributed by atoms with Gasteiger partial charge in [-0.3, -0.25) is 14.4 Å². The highest BCUT2D eigenvalue weighted by Crippen LogP contribution is 2.28. The van der Waals surface area contributed by atoms with Gasteiger partial charge in [0.2, 0.25) is 12.4 Å². The Kier molecular flexibility index (Phi) is 6.41. The van der Waals surface area contributed by atoms with E-state index < -0.39 is 42.5 Å². The van der Waals surface area contributed by atoms with Crippen LogP contribution in [0, 0.1) is 0 Å². The van der Waals surface area contributed by atoms with Crippen molar-refractivity contribution in [3.8, 4) is 0 Å². The fraction of sp³-hybridized carbons (Fsp3) is 0.667. The van der Waals surface area contributed by atoms with Crippen molar-refractivity contribution in [2.24, 2.45) is 4.99 Å². The lowest BCUT2D eigenvalue weighted by Gasteiger charge is -2.22. The van der Waals surface area contributed by atoms with Crippen LogP contribution in [0.5, 0.6) is 0 Å². The smallest absolute Gasteiger partial charge is 0.305 e. The van der Waals surface area contributed by atoms with Gasteiger partial charge in [0, 0.05) is 20.8 Å². The molecule has 1 saturated heterocycles. The summed E-state index contributed by atoms with van der Waals surface area (Å²) in [5.41, 5.74) is 0. The number of isothiocyanates is 1. The Balaban J connectivity index is 2.98. The molecule has 0 radical (unpaired) electrons. The Morgan fingerprint density at radius 2 is 1.57 bits per heavy atom. The van der Waals surface area contributed by atoms with Crippen LogP contribution in [0.25, 0.3) is 0 Å². The van der Waals surface area contributed by atoms with E-state index >= 15 is 0 Å². The normalized spacial score (nSPS) is 27.4. The van der Waals surface area contributed by atoms with Crippen molar-refractivity contribution in [1.29, 1.82) is 0 Å². The van der Waals surface area contributed by atoms with Gasteiger partial charge in [0.1, 0.15) is 6.10 Å². The zero-order valence-corrected chi connectivity index (χ0v) is 12.5. The number of ether oxygens (including phenoxy) is 4. The van der Waals surface area contributed by atoms with Crippen LogP contribution in [0.3, 0.4) is 0 Å². The Morgan fingerprint density at radius 1 is 1.05 bits per heavy atom. The van der Waals surface area contributed by atoms with Gasteiger partial charge in [-0.15, -0.1) is 0 Å². The van der Waals surface area contributed by atoms with Crippen LogP contribution < -0.4 is 0 Å². The Hall–Kier alpha value is -1.83. The average molecular weight is 317 g/mol. The quantitative estimate of drug-likeness (QED) is 0.308. The maximum absolute atomic E-state index is 11.2. The lowest BCUT2D eigenvalue weighted by molar-refractivity contribution is -0.195. The summed E-state index contributed by atoms with van der Waals surface area (Å²) in [4.78, 5) is 37.1. The average Bonchev–Trinajstić information content (AvgIpc) is 2.63. The number of aliphatic imine (C=N–C) groups is 1. The Bertz CT molecular complexity index is 446. The second-order valence-electron chi connectivity index (χ2n) is 4.23. The lowest BCUT2D eigenvalue weighted by atomic mass is 10.1. The summed E-state index contributed by atoms with van der Waals surface area (Å²) in [5.74, 6) is -1.85. The van der Waals surface area contributed by atoms with Crippen LogP contribution >= 0.6 is 12.2 Å². The molecule has 0 aromatic carbocycles. The van der Waals surface area contributed by atoms with Gasteiger partial charge in [-0.2, -0.15) is 0 Å². The van der Waals surface area contributed by atoms with Crippen molar-refractivity contribution in [2.45, 2.75) is 45.4 Å². The first kappa shape index (κ1) is 17.2. The van der Waals surface area contributed by atoms with Crippen LogP contribution in [-0.2, 0) is 33.3 Å². The molecule has 4 atom stereocenters. The number of hydrogen-bond donors (Lipinski definition) is 0. The zero-order valence-electron chi connectivity index (χ0n) is 11.7. The van der Waals surface area contributed by atoms with E-state index in [4.69, 9.17) is 18.9 Å². The van der Waals surface area contributed by atoms with Gasteiger partial charge < -0.3 is 18.9 Å². The third-order valence-electron chi connectivity index (χ3n) is 2.49. The van der Waals surface area contributed by atoms with Gasteiger partial charge in [-0.1, -0.05) is 0 Å². The van der Waals surface area contributed by atoms with Crippen molar-refractivity contribution in [2.75, 3.05) is 6.54 Å². The van der Waals surface area contributed by atoms with Gasteiger partial charge in [0.05, 0.1) is 11.7 Å². The van der Waals surface area contributed by atoms with E-state index in [1.54, 1.807) is 0 Å². The molecule has 0 amide bonds. The summed E-state index contributed by atoms with van der Waals surface area (Å²) in [6, 6.07) is 0. The van der Waals surface area contributed by atoms with Gasteiger partial charge in [0.25, 0.3) is 0 Å². The second-order valence-corrected chi connectivity index (χ2v) is 4.42. The predicted octanol–water partition coefficient (Wildman–Crippen LogP) is 0.241. The molecular weight excluding hydrogens is 302 g/mol. The summed E-state index contributed by atoms with van der Waals surface area (Å²) in [7, 11) is 0. The molecule has 1 heterocycles. The van der Waals surface area contributed by atoms with E-state index in [-0.39, 0.29) is 6.54 Å². The molecule has 1 unspecified atom stereocenters. The summed E-state index contributed by atoms with van der Waals surface area (Å²) in [6.45, 7) is 3.58. The van der Waals surface area contributed by atoms with Gasteiger partial charge >= 0.3 is 17.9 Å². The molecule has 8 nitrogen and oxygen atoms in total. The minimum Gasteiger partial charge on any atom is -0.455 e. The Morgan fingerprint density at radius 3 is 2.05 bits per heavy atom. The lowest BCUT2D eigenvalue weighted by Crippen LogP contribution is -2.41. The highest BCUT2D eigenvalue weighted by Gasteiger charge is 2.50. The third-order valence-corrected chi connectivity index (χ3v) is 2.62. The first-order chi connectivity index (χ1) is 9.85. The van der Waals surface area contributed by atoms with Crippen molar-refractivity contribution in [3.63, 3.8) is 0 Å². The molecule has 1 rings (SSSR count). The minimum atomic E-state index is -1.18. The first-order valence-corrected chi connectivity index (χ1v) is 6.46. The zero-order chi connectivity index (χ0) is 16.0. The van der Waals surface area contributed by atoms with Crippen molar-refractivity contribution >= 4 is 35.3 Å². The first-order valence-electron chi connectivity index (χ1n) is 6.06. The molecule has 0 N–H and O–H groups in total. The number of nitrogens with zero attached hydrogens (tertiary/aromatic N) is 1. The van der Waals surface area contributed by atoms with Crippen molar-refractivity contribution in [1.82, 2.24) is 0 Å². The van der Waals surface area contributed by atoms with Gasteiger partial charge in [-0.05, 0) is 12.2 Å². The molecule has 1 aliphatic heterocycles. The van der Waals surface area contributed by atoms with Gasteiger partial charge in [0.15, 0.2) is 6.10 Å². The van der Waals surface area contributed by atoms with Crippen LogP contribution in [0.4, 0.5) is 0 Å². The van der Waals surface area contributed by atoms with E-state index in [0.717, 1.165) is 0 Å². The standard InChI is InChI=1S/C12H15NO7S/c1-6(14)17-10-9(4-13-5-21)20-12(19-8(3)16)11(10)18-7(2)15/h9-12H,4H2,1-3H3/t9-,10+,11-,12?/m1/s1. The molecule has 0 spiro atoms. The number of esters is 3. The fourth-order valence-electron chi connectivity index (χ4n) is 1.88. The molecule has 0 aromatic rings. The molecule has 116 valence electrons. The van der Waals surface area contributed by atoms with Gasteiger partial charge in [-0.25, -0.2) is 4.99 Å². The SMILES string of the molecule is CC(=O)OC1O[C@H](CN=C=S)[C@H](OC(C)=O)[C@H]1OC(C)=O. The molecule has 1 aliphatic rings. The highest BCUT2D eigenvalue weighted by atomic mass is 32.1. The van der Waals surface area contributed by atoms with Crippen molar-refractivity contribution in [3.05, 3.63) is 0 Å². The number of rotatable bonds is 5. The number of carbonyl (C=O) groups is 3. The summed E-state index contributed by atoms with van der Waals surface area (Å²) >= 11 is 4.46. The summed E-state index contributed by atoms with van der Waals surface area (Å²) in [6.07, 6.45) is -3.97. The summed E-state index contributed by atoms with van der Waals surface area (Å²) < 4.78 is 20.5. The molecule has 0 aromatic heterocycles. The van der Waals surface area contributed by atoms with Crippen LogP contribution in [0.1, 0.15) is 20.8 Å². The largest absolute Gasteiger partial charge is 0.455 e. The van der Waals surface area contributed by atoms with Crippen LogP contribution in [0.2, 0.25) is 0 Å². The number of carbonyl (C=O) groups excluding carboxylic acids is 3. The van der Waals surface area contributed by atoms with E-state index in [1.807, 2.05) is 0 Å². The molecule has 1 fully saturated rings. The fourth-order valence-corrected chi connectivity index (χ4v) is 1.95. The van der Waals surface area contributed by atoms with E-state index in [9.17, 15) is 14.4 Å². The molecule has 0 aliphatic carbocycles. The topological polar surface area (TPSA) is 100 Å². The van der Waals surface area contributed by atoms with Crippen LogP contribution in [0.15, 0.2) is 4.99 Å². The number of hydrogen-bond acceptors (Lipinski definition) is 9. The molecule has 0 bridgehead atoms. The third kappa shape index (κ3) is 5.22. The maximum atomic E-state index is 11.2. The predicted molar refractivity (Wildman–Crippen MR) is 71.4 cm³/mol. The van der Waals surface area contributed by atoms with Crippen molar-refractivity contribution < 1.29 is 33.3 Å².